The van der Waals surface area contributed by atoms with E-state index in [-0.39, 0.29) is 18.4 Å². The zero-order valence-electron chi connectivity index (χ0n) is 8.59. The predicted molar refractivity (Wildman–Crippen MR) is 58.0 cm³/mol. The topological polar surface area (TPSA) is 57.6 Å². The fourth-order valence-electron chi connectivity index (χ4n) is 1.77. The first-order valence-electron chi connectivity index (χ1n) is 4.91. The van der Waals surface area contributed by atoms with Gasteiger partial charge in [-0.15, -0.1) is 6.58 Å². The fraction of sp³-hybridized carbons (Fsp3) is 0.167. The highest BCUT2D eigenvalue weighted by atomic mass is 16.3. The number of rotatable bonds is 3. The SMILES string of the molecule is C=CC(CO)N1C(=O)c2ccccc2C1=O. The first-order valence-corrected chi connectivity index (χ1v) is 4.91. The molecule has 1 aliphatic heterocycles. The molecule has 82 valence electrons. The van der Waals surface area contributed by atoms with Gasteiger partial charge in [-0.2, -0.15) is 0 Å². The van der Waals surface area contributed by atoms with Crippen molar-refractivity contribution < 1.29 is 14.7 Å². The van der Waals surface area contributed by atoms with Gasteiger partial charge in [0.25, 0.3) is 11.8 Å². The molecule has 0 aliphatic carbocycles. The third kappa shape index (κ3) is 1.35. The minimum atomic E-state index is -0.660. The maximum Gasteiger partial charge on any atom is 0.262 e. The van der Waals surface area contributed by atoms with Crippen LogP contribution in [0.2, 0.25) is 0 Å². The van der Waals surface area contributed by atoms with Gasteiger partial charge in [0.2, 0.25) is 0 Å². The summed E-state index contributed by atoms with van der Waals surface area (Å²) in [6.45, 7) is 3.19. The molecular weight excluding hydrogens is 206 g/mol. The molecule has 4 nitrogen and oxygen atoms in total. The maximum absolute atomic E-state index is 11.9. The van der Waals surface area contributed by atoms with Crippen molar-refractivity contribution in [2.45, 2.75) is 6.04 Å². The quantitative estimate of drug-likeness (QED) is 0.602. The lowest BCUT2D eigenvalue weighted by molar-refractivity contribution is 0.0565. The van der Waals surface area contributed by atoms with Crippen LogP contribution in [-0.2, 0) is 0 Å². The van der Waals surface area contributed by atoms with Gasteiger partial charge in [0.1, 0.15) is 0 Å². The Kier molecular flexibility index (Phi) is 2.58. The Labute approximate surface area is 92.8 Å². The summed E-state index contributed by atoms with van der Waals surface area (Å²) in [5.41, 5.74) is 0.764. The monoisotopic (exact) mass is 217 g/mol. The summed E-state index contributed by atoms with van der Waals surface area (Å²) in [5, 5.41) is 9.08. The number of hydrogen-bond donors (Lipinski definition) is 1. The second-order valence-corrected chi connectivity index (χ2v) is 3.51. The van der Waals surface area contributed by atoms with Gasteiger partial charge in [0, 0.05) is 0 Å². The molecule has 1 aliphatic rings. The van der Waals surface area contributed by atoms with Crippen molar-refractivity contribution in [1.29, 1.82) is 0 Å². The van der Waals surface area contributed by atoms with E-state index in [1.165, 1.54) is 6.08 Å². The number of nitrogens with zero attached hydrogens (tertiary/aromatic N) is 1. The largest absolute Gasteiger partial charge is 0.394 e. The molecule has 2 amide bonds. The maximum atomic E-state index is 11.9. The predicted octanol–water partition coefficient (Wildman–Crippen LogP) is 0.830. The van der Waals surface area contributed by atoms with E-state index < -0.39 is 6.04 Å². The van der Waals surface area contributed by atoms with Gasteiger partial charge in [0.05, 0.1) is 23.8 Å². The average molecular weight is 217 g/mol. The van der Waals surface area contributed by atoms with E-state index in [2.05, 4.69) is 6.58 Å². The van der Waals surface area contributed by atoms with Crippen molar-refractivity contribution in [3.05, 3.63) is 48.0 Å². The molecule has 1 heterocycles. The number of amides is 2. The second-order valence-electron chi connectivity index (χ2n) is 3.51. The molecule has 0 bridgehead atoms. The summed E-state index contributed by atoms with van der Waals surface area (Å²) in [6.07, 6.45) is 1.39. The highest BCUT2D eigenvalue weighted by Crippen LogP contribution is 2.24. The van der Waals surface area contributed by atoms with Crippen molar-refractivity contribution in [1.82, 2.24) is 4.90 Å². The lowest BCUT2D eigenvalue weighted by Crippen LogP contribution is -2.40. The van der Waals surface area contributed by atoms with Crippen LogP contribution in [0.3, 0.4) is 0 Å². The number of hydrogen-bond acceptors (Lipinski definition) is 3. The molecule has 1 aromatic rings. The van der Waals surface area contributed by atoms with Crippen LogP contribution < -0.4 is 0 Å². The van der Waals surface area contributed by atoms with E-state index in [0.29, 0.717) is 11.1 Å². The van der Waals surface area contributed by atoms with Crippen LogP contribution in [0.5, 0.6) is 0 Å². The Bertz CT molecular complexity index is 432. The Morgan fingerprint density at radius 3 is 2.12 bits per heavy atom. The van der Waals surface area contributed by atoms with Gasteiger partial charge in [-0.1, -0.05) is 18.2 Å². The van der Waals surface area contributed by atoms with Crippen LogP contribution in [0.4, 0.5) is 0 Å². The number of carbonyl (C=O) groups excluding carboxylic acids is 2. The van der Waals surface area contributed by atoms with Crippen molar-refractivity contribution in [3.8, 4) is 0 Å². The van der Waals surface area contributed by atoms with E-state index in [1.807, 2.05) is 0 Å². The van der Waals surface area contributed by atoms with Crippen LogP contribution in [0.15, 0.2) is 36.9 Å². The van der Waals surface area contributed by atoms with Crippen LogP contribution in [-0.4, -0.2) is 34.5 Å². The molecule has 0 fully saturated rings. The van der Waals surface area contributed by atoms with Crippen molar-refractivity contribution in [3.63, 3.8) is 0 Å². The summed E-state index contributed by atoms with van der Waals surface area (Å²) in [4.78, 5) is 24.9. The number of aliphatic hydroxyl groups is 1. The highest BCUT2D eigenvalue weighted by molar-refractivity contribution is 6.21. The Balaban J connectivity index is 2.46. The van der Waals surface area contributed by atoms with Gasteiger partial charge >= 0.3 is 0 Å². The smallest absolute Gasteiger partial charge is 0.262 e. The lowest BCUT2D eigenvalue weighted by Gasteiger charge is -2.20. The molecule has 1 aromatic carbocycles. The van der Waals surface area contributed by atoms with Crippen molar-refractivity contribution in [2.75, 3.05) is 6.61 Å². The zero-order chi connectivity index (χ0) is 11.7. The van der Waals surface area contributed by atoms with E-state index in [9.17, 15) is 9.59 Å². The standard InChI is InChI=1S/C12H11NO3/c1-2-8(7-14)13-11(15)9-5-3-4-6-10(9)12(13)16/h2-6,8,14H,1,7H2. The third-order valence-corrected chi connectivity index (χ3v) is 2.62. The number of aliphatic hydroxyl groups excluding tert-OH is 1. The normalized spacial score (nSPS) is 16.2. The summed E-state index contributed by atoms with van der Waals surface area (Å²) in [5.74, 6) is -0.751. The fourth-order valence-corrected chi connectivity index (χ4v) is 1.77. The van der Waals surface area contributed by atoms with Crippen LogP contribution in [0.1, 0.15) is 20.7 Å². The summed E-state index contributed by atoms with van der Waals surface area (Å²) < 4.78 is 0. The van der Waals surface area contributed by atoms with Gasteiger partial charge in [-0.05, 0) is 12.1 Å². The highest BCUT2D eigenvalue weighted by Gasteiger charge is 2.38. The molecule has 0 aromatic heterocycles. The number of benzene rings is 1. The molecule has 0 saturated heterocycles. The molecular formula is C12H11NO3. The lowest BCUT2D eigenvalue weighted by atomic mass is 10.1. The van der Waals surface area contributed by atoms with E-state index in [4.69, 9.17) is 5.11 Å². The number of carbonyl (C=O) groups is 2. The third-order valence-electron chi connectivity index (χ3n) is 2.62. The molecule has 2 rings (SSSR count). The minimum absolute atomic E-state index is 0.311. The first-order chi connectivity index (χ1) is 7.70. The summed E-state index contributed by atoms with van der Waals surface area (Å²) in [6, 6.07) is 5.96. The van der Waals surface area contributed by atoms with Crippen LogP contribution in [0, 0.1) is 0 Å². The Morgan fingerprint density at radius 1 is 1.25 bits per heavy atom. The van der Waals surface area contributed by atoms with E-state index in [0.717, 1.165) is 4.90 Å². The van der Waals surface area contributed by atoms with Gasteiger partial charge in [0.15, 0.2) is 0 Å². The van der Waals surface area contributed by atoms with Gasteiger partial charge in [-0.3, -0.25) is 14.5 Å². The number of imide groups is 1. The van der Waals surface area contributed by atoms with Gasteiger partial charge in [-0.25, -0.2) is 0 Å². The molecule has 0 spiro atoms. The van der Waals surface area contributed by atoms with Crippen molar-refractivity contribution >= 4 is 11.8 Å². The Morgan fingerprint density at radius 2 is 1.75 bits per heavy atom. The molecule has 1 N–H and O–H groups in total. The molecule has 1 atom stereocenters. The summed E-state index contributed by atoms with van der Waals surface area (Å²) >= 11 is 0. The van der Waals surface area contributed by atoms with E-state index >= 15 is 0 Å². The van der Waals surface area contributed by atoms with E-state index in [1.54, 1.807) is 24.3 Å². The molecule has 0 saturated carbocycles. The van der Waals surface area contributed by atoms with Gasteiger partial charge < -0.3 is 5.11 Å². The average Bonchev–Trinajstić information content (AvgIpc) is 2.57. The summed E-state index contributed by atoms with van der Waals surface area (Å²) in [7, 11) is 0. The number of fused-ring (bicyclic) bond motifs is 1. The molecule has 4 heteroatoms. The minimum Gasteiger partial charge on any atom is -0.394 e. The zero-order valence-corrected chi connectivity index (χ0v) is 8.59. The van der Waals surface area contributed by atoms with Crippen LogP contribution >= 0.6 is 0 Å². The first kappa shape index (κ1) is 10.6. The second kappa shape index (κ2) is 3.90. The molecule has 1 unspecified atom stereocenters. The van der Waals surface area contributed by atoms with Crippen molar-refractivity contribution in [2.24, 2.45) is 0 Å². The molecule has 16 heavy (non-hydrogen) atoms. The van der Waals surface area contributed by atoms with Crippen LogP contribution in [0.25, 0.3) is 0 Å². The molecule has 0 radical (unpaired) electrons. The Hall–Kier alpha value is -1.94.